The minimum atomic E-state index is -4.49. The molecule has 1 heterocycles. The summed E-state index contributed by atoms with van der Waals surface area (Å²) in [5.74, 6) is -2.02. The van der Waals surface area contributed by atoms with E-state index in [0.717, 1.165) is 32.4 Å². The number of nitrogens with two attached hydrogens (primary N) is 1. The largest absolute Gasteiger partial charge is 0.479 e. The standard InChI is InChI=1S/C21H32N4O6S/c1-15-4-2-3-5-17(15)32(30,31)21(22,20(28)29)14-25-19(27)10-13-24-18(26)7-6-16-8-11-23-12-9-16/h2-5,16,23H,6-14,22H2,1H3,(H,24,26)(H,25,27)(H,28,29). The van der Waals surface area contributed by atoms with Crippen molar-refractivity contribution in [1.82, 2.24) is 16.0 Å². The van der Waals surface area contributed by atoms with Crippen molar-refractivity contribution in [2.45, 2.75) is 48.8 Å². The van der Waals surface area contributed by atoms with Crippen molar-refractivity contribution in [3.8, 4) is 0 Å². The van der Waals surface area contributed by atoms with Crippen LogP contribution < -0.4 is 21.7 Å². The van der Waals surface area contributed by atoms with Crippen LogP contribution >= 0.6 is 0 Å². The number of benzene rings is 1. The molecule has 11 heteroatoms. The highest BCUT2D eigenvalue weighted by Crippen LogP contribution is 2.24. The Labute approximate surface area is 188 Å². The van der Waals surface area contributed by atoms with Crippen molar-refractivity contribution in [3.63, 3.8) is 0 Å². The van der Waals surface area contributed by atoms with E-state index >= 15 is 0 Å². The van der Waals surface area contributed by atoms with Crippen LogP contribution in [0.4, 0.5) is 0 Å². The van der Waals surface area contributed by atoms with Gasteiger partial charge >= 0.3 is 5.97 Å². The average Bonchev–Trinajstić information content (AvgIpc) is 2.76. The van der Waals surface area contributed by atoms with Gasteiger partial charge in [-0.1, -0.05) is 18.2 Å². The molecule has 0 bridgehead atoms. The van der Waals surface area contributed by atoms with Crippen LogP contribution in [0.5, 0.6) is 0 Å². The van der Waals surface area contributed by atoms with Crippen molar-refractivity contribution in [3.05, 3.63) is 29.8 Å². The molecule has 0 aliphatic carbocycles. The van der Waals surface area contributed by atoms with E-state index < -0.39 is 33.1 Å². The zero-order chi connectivity index (χ0) is 23.8. The van der Waals surface area contributed by atoms with E-state index in [1.165, 1.54) is 25.1 Å². The maximum absolute atomic E-state index is 12.9. The van der Waals surface area contributed by atoms with Gasteiger partial charge in [0.2, 0.25) is 26.5 Å². The number of carbonyl (C=O) groups is 3. The number of carboxylic acid groups (broad SMARTS) is 1. The number of rotatable bonds is 11. The highest BCUT2D eigenvalue weighted by molar-refractivity contribution is 7.93. The van der Waals surface area contributed by atoms with E-state index in [9.17, 15) is 27.9 Å². The lowest BCUT2D eigenvalue weighted by Gasteiger charge is -2.26. The van der Waals surface area contributed by atoms with E-state index in [4.69, 9.17) is 5.73 Å². The van der Waals surface area contributed by atoms with Gasteiger partial charge in [0.25, 0.3) is 0 Å². The third-order valence-electron chi connectivity index (χ3n) is 5.69. The number of aliphatic carboxylic acids is 1. The van der Waals surface area contributed by atoms with Gasteiger partial charge in [-0.2, -0.15) is 0 Å². The molecule has 1 aliphatic rings. The third-order valence-corrected chi connectivity index (χ3v) is 8.00. The van der Waals surface area contributed by atoms with Gasteiger partial charge < -0.3 is 26.8 Å². The van der Waals surface area contributed by atoms with Crippen LogP contribution in [0.3, 0.4) is 0 Å². The molecule has 178 valence electrons. The van der Waals surface area contributed by atoms with Crippen LogP contribution in [-0.4, -0.2) is 62.4 Å². The quantitative estimate of drug-likeness (QED) is 0.300. The first-order valence-electron chi connectivity index (χ1n) is 10.6. The Kier molecular flexibility index (Phi) is 9.17. The lowest BCUT2D eigenvalue weighted by atomic mass is 9.93. The zero-order valence-corrected chi connectivity index (χ0v) is 19.0. The topological polar surface area (TPSA) is 168 Å². The molecule has 2 amide bonds. The second kappa shape index (κ2) is 11.4. The van der Waals surface area contributed by atoms with Gasteiger partial charge in [-0.25, -0.2) is 13.2 Å². The number of sulfone groups is 1. The molecule has 0 spiro atoms. The van der Waals surface area contributed by atoms with Gasteiger partial charge in [0.1, 0.15) is 0 Å². The molecule has 0 saturated carbocycles. The normalized spacial score (nSPS) is 16.7. The molecule has 6 N–H and O–H groups in total. The fourth-order valence-electron chi connectivity index (χ4n) is 3.57. The molecule has 1 aliphatic heterocycles. The first kappa shape index (κ1) is 25.8. The third kappa shape index (κ3) is 6.50. The van der Waals surface area contributed by atoms with Crippen LogP contribution in [0.25, 0.3) is 0 Å². The number of nitrogens with one attached hydrogen (secondary N) is 3. The van der Waals surface area contributed by atoms with Gasteiger partial charge in [-0.3, -0.25) is 9.59 Å². The number of aryl methyl sites for hydroxylation is 1. The molecule has 1 saturated heterocycles. The summed E-state index contributed by atoms with van der Waals surface area (Å²) in [6.45, 7) is 2.71. The van der Waals surface area contributed by atoms with Crippen LogP contribution in [0, 0.1) is 12.8 Å². The maximum atomic E-state index is 12.9. The Morgan fingerprint density at radius 3 is 2.38 bits per heavy atom. The lowest BCUT2D eigenvalue weighted by molar-refractivity contribution is -0.140. The zero-order valence-electron chi connectivity index (χ0n) is 18.2. The summed E-state index contributed by atoms with van der Waals surface area (Å²) < 4.78 is 25.8. The highest BCUT2D eigenvalue weighted by atomic mass is 32.2. The molecule has 1 atom stereocenters. The van der Waals surface area contributed by atoms with E-state index in [1.54, 1.807) is 6.07 Å². The van der Waals surface area contributed by atoms with Crippen molar-refractivity contribution in [2.75, 3.05) is 26.2 Å². The molecular weight excluding hydrogens is 436 g/mol. The number of carbonyl (C=O) groups excluding carboxylic acids is 2. The molecule has 1 aromatic carbocycles. The maximum Gasteiger partial charge on any atom is 0.341 e. The summed E-state index contributed by atoms with van der Waals surface area (Å²) >= 11 is 0. The summed E-state index contributed by atoms with van der Waals surface area (Å²) in [5.41, 5.74) is 6.13. The summed E-state index contributed by atoms with van der Waals surface area (Å²) in [7, 11) is -4.49. The predicted molar refractivity (Wildman–Crippen MR) is 118 cm³/mol. The van der Waals surface area contributed by atoms with Crippen molar-refractivity contribution in [2.24, 2.45) is 11.7 Å². The number of hydrogen-bond donors (Lipinski definition) is 5. The number of piperidine rings is 1. The van der Waals surface area contributed by atoms with Crippen LogP contribution in [0.15, 0.2) is 29.2 Å². The molecule has 32 heavy (non-hydrogen) atoms. The smallest absolute Gasteiger partial charge is 0.341 e. The highest BCUT2D eigenvalue weighted by Gasteiger charge is 2.49. The Bertz CT molecular complexity index is 930. The molecule has 1 fully saturated rings. The molecule has 0 radical (unpaired) electrons. The summed E-state index contributed by atoms with van der Waals surface area (Å²) in [6, 6.07) is 5.89. The molecule has 10 nitrogen and oxygen atoms in total. The van der Waals surface area contributed by atoms with Gasteiger partial charge in [-0.15, -0.1) is 0 Å². The van der Waals surface area contributed by atoms with Crippen LogP contribution in [0.2, 0.25) is 0 Å². The monoisotopic (exact) mass is 468 g/mol. The summed E-state index contributed by atoms with van der Waals surface area (Å²) in [4.78, 5) is 32.9. The average molecular weight is 469 g/mol. The second-order valence-electron chi connectivity index (χ2n) is 8.07. The Morgan fingerprint density at radius 2 is 1.75 bits per heavy atom. The number of carboxylic acids is 1. The minimum Gasteiger partial charge on any atom is -0.479 e. The van der Waals surface area contributed by atoms with Gasteiger partial charge in [0.05, 0.1) is 11.4 Å². The first-order chi connectivity index (χ1) is 15.1. The van der Waals surface area contributed by atoms with Crippen molar-refractivity contribution >= 4 is 27.6 Å². The van der Waals surface area contributed by atoms with Crippen molar-refractivity contribution in [1.29, 1.82) is 0 Å². The van der Waals surface area contributed by atoms with Gasteiger partial charge in [0, 0.05) is 19.4 Å². The van der Waals surface area contributed by atoms with E-state index in [1.807, 2.05) is 0 Å². The Hall–Kier alpha value is -2.50. The van der Waals surface area contributed by atoms with Crippen molar-refractivity contribution < 1.29 is 27.9 Å². The second-order valence-corrected chi connectivity index (χ2v) is 10.2. The Balaban J connectivity index is 1.84. The van der Waals surface area contributed by atoms with E-state index in [0.29, 0.717) is 17.9 Å². The summed E-state index contributed by atoms with van der Waals surface area (Å²) in [6.07, 6.45) is 3.15. The SMILES string of the molecule is Cc1ccccc1S(=O)(=O)C(N)(CNC(=O)CCNC(=O)CCC1CCNCC1)C(=O)O. The summed E-state index contributed by atoms with van der Waals surface area (Å²) in [5, 5.41) is 17.7. The lowest BCUT2D eigenvalue weighted by Crippen LogP contribution is -2.61. The fraction of sp³-hybridized carbons (Fsp3) is 0.571. The number of hydrogen-bond acceptors (Lipinski definition) is 7. The van der Waals surface area contributed by atoms with Gasteiger partial charge in [0.15, 0.2) is 0 Å². The fourth-order valence-corrected chi connectivity index (χ4v) is 5.20. The molecule has 2 rings (SSSR count). The molecule has 1 aromatic rings. The van der Waals surface area contributed by atoms with Gasteiger partial charge in [-0.05, 0) is 56.8 Å². The molecule has 1 unspecified atom stereocenters. The number of amides is 2. The van der Waals surface area contributed by atoms with Crippen LogP contribution in [0.1, 0.15) is 37.7 Å². The van der Waals surface area contributed by atoms with Crippen LogP contribution in [-0.2, 0) is 24.2 Å². The Morgan fingerprint density at radius 1 is 1.12 bits per heavy atom. The molecule has 0 aromatic heterocycles. The van der Waals surface area contributed by atoms with E-state index in [2.05, 4.69) is 16.0 Å². The predicted octanol–water partition coefficient (Wildman–Crippen LogP) is -0.0894. The minimum absolute atomic E-state index is 0.0616. The first-order valence-corrected chi connectivity index (χ1v) is 12.1. The molecular formula is C21H32N4O6S. The van der Waals surface area contributed by atoms with E-state index in [-0.39, 0.29) is 23.8 Å².